The fourth-order valence-corrected chi connectivity index (χ4v) is 3.98. The van der Waals surface area contributed by atoms with E-state index in [9.17, 15) is 0 Å². The van der Waals surface area contributed by atoms with Crippen molar-refractivity contribution in [2.45, 2.75) is 46.1 Å². The third-order valence-electron chi connectivity index (χ3n) is 5.51. The smallest absolute Gasteiger partial charge is 0.193 e. The molecule has 0 bridgehead atoms. The summed E-state index contributed by atoms with van der Waals surface area (Å²) in [6.45, 7) is 15.4. The van der Waals surface area contributed by atoms with Crippen LogP contribution >= 0.6 is 24.0 Å². The molecule has 2 saturated heterocycles. The molecule has 0 radical (unpaired) electrons. The predicted molar refractivity (Wildman–Crippen MR) is 123 cm³/mol. The molecule has 0 aromatic carbocycles. The predicted octanol–water partition coefficient (Wildman–Crippen LogP) is 2.68. The van der Waals surface area contributed by atoms with Gasteiger partial charge in [0.15, 0.2) is 5.96 Å². The number of rotatable bonds is 10. The van der Waals surface area contributed by atoms with E-state index in [1.54, 1.807) is 7.11 Å². The van der Waals surface area contributed by atoms with Crippen molar-refractivity contribution in [2.75, 3.05) is 66.2 Å². The lowest BCUT2D eigenvalue weighted by Crippen LogP contribution is -2.43. The van der Waals surface area contributed by atoms with Crippen LogP contribution in [0.3, 0.4) is 0 Å². The van der Waals surface area contributed by atoms with Crippen LogP contribution in [0.15, 0.2) is 4.99 Å². The fraction of sp³-hybridized carbons (Fsp3) is 0.950. The Bertz CT molecular complexity index is 417. The molecule has 2 fully saturated rings. The highest BCUT2D eigenvalue weighted by Crippen LogP contribution is 2.19. The average Bonchev–Trinajstić information content (AvgIpc) is 3.30. The number of hydrogen-bond acceptors (Lipinski definition) is 4. The zero-order valence-corrected chi connectivity index (χ0v) is 20.1. The summed E-state index contributed by atoms with van der Waals surface area (Å²) in [5.74, 6) is 2.31. The van der Waals surface area contributed by atoms with Crippen molar-refractivity contribution >= 4 is 29.9 Å². The van der Waals surface area contributed by atoms with E-state index in [2.05, 4.69) is 35.9 Å². The summed E-state index contributed by atoms with van der Waals surface area (Å²) in [5, 5.41) is 3.50. The van der Waals surface area contributed by atoms with Gasteiger partial charge in [0.25, 0.3) is 0 Å². The Hall–Kier alpha value is -0.120. The Morgan fingerprint density at radius 2 is 1.93 bits per heavy atom. The molecule has 0 saturated carbocycles. The van der Waals surface area contributed by atoms with Crippen LogP contribution in [0.1, 0.15) is 40.0 Å². The zero-order valence-electron chi connectivity index (χ0n) is 17.8. The van der Waals surface area contributed by atoms with Crippen LogP contribution in [0.25, 0.3) is 0 Å². The van der Waals surface area contributed by atoms with Crippen molar-refractivity contribution < 1.29 is 9.47 Å². The third kappa shape index (κ3) is 8.41. The first-order valence-electron chi connectivity index (χ1n) is 10.5. The van der Waals surface area contributed by atoms with Crippen LogP contribution < -0.4 is 5.32 Å². The van der Waals surface area contributed by atoms with Gasteiger partial charge in [0.1, 0.15) is 0 Å². The van der Waals surface area contributed by atoms with Crippen molar-refractivity contribution in [3.05, 3.63) is 0 Å². The lowest BCUT2D eigenvalue weighted by molar-refractivity contribution is 0.0536. The Kier molecular flexibility index (Phi) is 12.9. The number of guanidine groups is 1. The molecular weight excluding hydrogens is 455 g/mol. The fourth-order valence-electron chi connectivity index (χ4n) is 3.98. The van der Waals surface area contributed by atoms with Gasteiger partial charge in [-0.15, -0.1) is 24.0 Å². The number of nitrogens with zero attached hydrogens (tertiary/aromatic N) is 3. The number of aliphatic imine (C=N–C) groups is 1. The van der Waals surface area contributed by atoms with Gasteiger partial charge in [-0.2, -0.15) is 0 Å². The van der Waals surface area contributed by atoms with Gasteiger partial charge < -0.3 is 19.7 Å². The standard InChI is InChI=1S/C20H40N4O2.HI/c1-5-21-20(22-14-19(17(2)3)23-9-6-7-10-23)24-11-8-18(15-24)16-26-13-12-25-4;/h17-19H,5-16H2,1-4H3,(H,21,22);1H. The van der Waals surface area contributed by atoms with Crippen LogP contribution in [-0.4, -0.2) is 88.0 Å². The lowest BCUT2D eigenvalue weighted by atomic mass is 10.0. The Labute approximate surface area is 183 Å². The second kappa shape index (κ2) is 14.0. The van der Waals surface area contributed by atoms with E-state index in [-0.39, 0.29) is 24.0 Å². The first-order chi connectivity index (χ1) is 12.7. The maximum absolute atomic E-state index is 5.72. The summed E-state index contributed by atoms with van der Waals surface area (Å²) in [6.07, 6.45) is 3.85. The molecule has 2 heterocycles. The number of likely N-dealkylation sites (tertiary alicyclic amines) is 2. The summed E-state index contributed by atoms with van der Waals surface area (Å²) in [7, 11) is 1.71. The average molecular weight is 496 g/mol. The molecule has 1 N–H and O–H groups in total. The molecule has 6 nitrogen and oxygen atoms in total. The molecule has 2 unspecified atom stereocenters. The van der Waals surface area contributed by atoms with Gasteiger partial charge in [-0.1, -0.05) is 13.8 Å². The highest BCUT2D eigenvalue weighted by molar-refractivity contribution is 14.0. The summed E-state index contributed by atoms with van der Waals surface area (Å²) < 4.78 is 10.8. The highest BCUT2D eigenvalue weighted by Gasteiger charge is 2.27. The quantitative estimate of drug-likeness (QED) is 0.218. The molecule has 160 valence electrons. The SMILES string of the molecule is CCNC(=NCC(C(C)C)N1CCCC1)N1CCC(COCCOC)C1.I. The molecule has 0 aliphatic carbocycles. The Balaban J connectivity index is 0.00000364. The van der Waals surface area contributed by atoms with Gasteiger partial charge in [0, 0.05) is 38.7 Å². The second-order valence-corrected chi connectivity index (χ2v) is 7.92. The largest absolute Gasteiger partial charge is 0.382 e. The molecule has 27 heavy (non-hydrogen) atoms. The monoisotopic (exact) mass is 496 g/mol. The number of nitrogens with one attached hydrogen (secondary N) is 1. The van der Waals surface area contributed by atoms with Gasteiger partial charge in [-0.25, -0.2) is 0 Å². The molecule has 7 heteroatoms. The minimum atomic E-state index is 0. The number of methoxy groups -OCH3 is 1. The third-order valence-corrected chi connectivity index (χ3v) is 5.51. The van der Waals surface area contributed by atoms with E-state index in [0.717, 1.165) is 38.7 Å². The minimum absolute atomic E-state index is 0. The van der Waals surface area contributed by atoms with Crippen molar-refractivity contribution in [1.29, 1.82) is 0 Å². The van der Waals surface area contributed by atoms with Gasteiger partial charge in [0.05, 0.1) is 26.4 Å². The van der Waals surface area contributed by atoms with Crippen LogP contribution in [0.2, 0.25) is 0 Å². The van der Waals surface area contributed by atoms with Crippen molar-refractivity contribution in [2.24, 2.45) is 16.8 Å². The zero-order chi connectivity index (χ0) is 18.8. The molecule has 0 aromatic rings. The van der Waals surface area contributed by atoms with Gasteiger partial charge in [-0.05, 0) is 45.2 Å². The van der Waals surface area contributed by atoms with Gasteiger partial charge >= 0.3 is 0 Å². The minimum Gasteiger partial charge on any atom is -0.382 e. The molecule has 0 amide bonds. The van der Waals surface area contributed by atoms with Gasteiger partial charge in [-0.3, -0.25) is 9.89 Å². The molecule has 2 atom stereocenters. The summed E-state index contributed by atoms with van der Waals surface area (Å²) in [4.78, 5) is 10.1. The highest BCUT2D eigenvalue weighted by atomic mass is 127. The van der Waals surface area contributed by atoms with E-state index in [1.165, 1.54) is 32.4 Å². The molecule has 0 aromatic heterocycles. The van der Waals surface area contributed by atoms with E-state index in [1.807, 2.05) is 0 Å². The van der Waals surface area contributed by atoms with E-state index >= 15 is 0 Å². The summed E-state index contributed by atoms with van der Waals surface area (Å²) in [6, 6.07) is 0.557. The second-order valence-electron chi connectivity index (χ2n) is 7.92. The van der Waals surface area contributed by atoms with Gasteiger partial charge in [0.2, 0.25) is 0 Å². The van der Waals surface area contributed by atoms with Crippen LogP contribution in [0, 0.1) is 11.8 Å². The van der Waals surface area contributed by atoms with Crippen LogP contribution in [-0.2, 0) is 9.47 Å². The Morgan fingerprint density at radius 1 is 1.19 bits per heavy atom. The number of hydrogen-bond donors (Lipinski definition) is 1. The van der Waals surface area contributed by atoms with Crippen LogP contribution in [0.4, 0.5) is 0 Å². The summed E-state index contributed by atoms with van der Waals surface area (Å²) in [5.41, 5.74) is 0. The van der Waals surface area contributed by atoms with Crippen molar-refractivity contribution in [3.8, 4) is 0 Å². The van der Waals surface area contributed by atoms with E-state index in [0.29, 0.717) is 31.1 Å². The topological polar surface area (TPSA) is 49.3 Å². The van der Waals surface area contributed by atoms with E-state index in [4.69, 9.17) is 14.5 Å². The lowest BCUT2D eigenvalue weighted by Gasteiger charge is -2.30. The van der Waals surface area contributed by atoms with Crippen LogP contribution in [0.5, 0.6) is 0 Å². The van der Waals surface area contributed by atoms with E-state index < -0.39 is 0 Å². The molecule has 2 aliphatic rings. The van der Waals surface area contributed by atoms with Crippen molar-refractivity contribution in [1.82, 2.24) is 15.1 Å². The first-order valence-corrected chi connectivity index (χ1v) is 10.5. The molecule has 2 rings (SSSR count). The maximum Gasteiger partial charge on any atom is 0.193 e. The number of ether oxygens (including phenoxy) is 2. The van der Waals surface area contributed by atoms with Crippen molar-refractivity contribution in [3.63, 3.8) is 0 Å². The maximum atomic E-state index is 5.72. The molecular formula is C20H41IN4O2. The molecule has 2 aliphatic heterocycles. The first kappa shape index (κ1) is 24.9. The number of halogens is 1. The molecule has 0 spiro atoms. The normalized spacial score (nSPS) is 22.3. The summed E-state index contributed by atoms with van der Waals surface area (Å²) >= 11 is 0. The Morgan fingerprint density at radius 3 is 2.56 bits per heavy atom.